The number of hydrogen-bond donors (Lipinski definition) is 2. The molecule has 0 saturated heterocycles. The van der Waals surface area contributed by atoms with Crippen LogP contribution in [0.5, 0.6) is 0 Å². The Morgan fingerprint density at radius 1 is 1.92 bits per heavy atom. The van der Waals surface area contributed by atoms with Gasteiger partial charge in [-0.25, -0.2) is 0 Å². The Hall–Kier alpha value is -0.110. The van der Waals surface area contributed by atoms with Gasteiger partial charge in [-0.15, -0.1) is 0 Å². The molecule has 0 amide bonds. The number of hydrogen-bond acceptors (Lipinski definition) is 2. The summed E-state index contributed by atoms with van der Waals surface area (Å²) in [6.45, 7) is 1.94. The minimum absolute atomic E-state index is 0.107. The second kappa shape index (κ2) is 4.22. The van der Waals surface area contributed by atoms with Crippen LogP contribution in [-0.2, 0) is 4.57 Å². The van der Waals surface area contributed by atoms with Crippen molar-refractivity contribution in [1.82, 2.24) is 0 Å². The van der Waals surface area contributed by atoms with E-state index in [1.54, 1.807) is 0 Å². The monoisotopic (exact) mass is 189 g/mol. The molecule has 0 aromatic carbocycles. The SMILES string of the molecule is CCC(C1=CC(N)CC1)[PH](=O)O. The van der Waals surface area contributed by atoms with Gasteiger partial charge in [0.15, 0.2) is 8.03 Å². The van der Waals surface area contributed by atoms with Gasteiger partial charge in [0.05, 0.1) is 5.66 Å². The van der Waals surface area contributed by atoms with Gasteiger partial charge in [0.1, 0.15) is 0 Å². The molecule has 0 heterocycles. The zero-order valence-electron chi connectivity index (χ0n) is 7.29. The molecule has 1 rings (SSSR count). The maximum atomic E-state index is 10.9. The molecule has 0 bridgehead atoms. The van der Waals surface area contributed by atoms with E-state index in [1.807, 2.05) is 13.0 Å². The first-order valence-electron chi connectivity index (χ1n) is 4.34. The minimum Gasteiger partial charge on any atom is -0.346 e. The van der Waals surface area contributed by atoms with Crippen molar-refractivity contribution in [3.05, 3.63) is 11.6 Å². The molecular formula is C8H16NO2P. The quantitative estimate of drug-likeness (QED) is 0.519. The largest absolute Gasteiger partial charge is 0.346 e. The summed E-state index contributed by atoms with van der Waals surface area (Å²) in [6.07, 6.45) is 4.53. The van der Waals surface area contributed by atoms with Gasteiger partial charge >= 0.3 is 0 Å². The van der Waals surface area contributed by atoms with E-state index in [0.717, 1.165) is 24.8 Å². The maximum absolute atomic E-state index is 10.9. The Morgan fingerprint density at radius 3 is 2.92 bits per heavy atom. The van der Waals surface area contributed by atoms with Crippen LogP contribution in [0.2, 0.25) is 0 Å². The highest BCUT2D eigenvalue weighted by Gasteiger charge is 2.22. The van der Waals surface area contributed by atoms with Crippen LogP contribution >= 0.6 is 8.03 Å². The van der Waals surface area contributed by atoms with Crippen LogP contribution in [0.25, 0.3) is 0 Å². The fourth-order valence-corrected chi connectivity index (χ4v) is 2.57. The lowest BCUT2D eigenvalue weighted by molar-refractivity contribution is 0.491. The lowest BCUT2D eigenvalue weighted by atomic mass is 10.1. The normalized spacial score (nSPS) is 28.2. The Kier molecular flexibility index (Phi) is 3.51. The van der Waals surface area contributed by atoms with Crippen molar-refractivity contribution in [2.24, 2.45) is 5.73 Å². The van der Waals surface area contributed by atoms with E-state index in [0.29, 0.717) is 0 Å². The Bertz CT molecular complexity index is 215. The van der Waals surface area contributed by atoms with Gasteiger partial charge in [0, 0.05) is 6.04 Å². The van der Waals surface area contributed by atoms with Gasteiger partial charge in [-0.1, -0.05) is 18.6 Å². The van der Waals surface area contributed by atoms with Crippen LogP contribution in [0.3, 0.4) is 0 Å². The number of nitrogens with two attached hydrogens (primary N) is 1. The standard InChI is InChI=1S/C8H16NO2P/c1-2-8(12(10)11)6-3-4-7(9)5-6/h5,7-8,12H,2-4,9H2,1H3,(H,10,11). The predicted octanol–water partition coefficient (Wildman–Crippen LogP) is 1.28. The van der Waals surface area contributed by atoms with Gasteiger partial charge in [-0.05, 0) is 19.3 Å². The lowest BCUT2D eigenvalue weighted by Gasteiger charge is -2.11. The third-order valence-electron chi connectivity index (χ3n) is 2.35. The molecule has 3 atom stereocenters. The minimum atomic E-state index is -2.40. The third kappa shape index (κ3) is 2.19. The molecule has 3 N–H and O–H groups in total. The number of rotatable bonds is 3. The van der Waals surface area contributed by atoms with Crippen molar-refractivity contribution in [3.63, 3.8) is 0 Å². The molecule has 70 valence electrons. The van der Waals surface area contributed by atoms with Crippen LogP contribution in [0, 0.1) is 0 Å². The molecule has 0 aromatic heterocycles. The maximum Gasteiger partial charge on any atom is 0.196 e. The summed E-state index contributed by atoms with van der Waals surface area (Å²) in [5.74, 6) is 0. The Labute approximate surface area is 73.5 Å². The van der Waals surface area contributed by atoms with Crippen molar-refractivity contribution in [2.45, 2.75) is 37.9 Å². The van der Waals surface area contributed by atoms with Gasteiger partial charge in [0.25, 0.3) is 0 Å². The van der Waals surface area contributed by atoms with Crippen LogP contribution in [0.15, 0.2) is 11.6 Å². The van der Waals surface area contributed by atoms with E-state index in [4.69, 9.17) is 10.6 Å². The summed E-state index contributed by atoms with van der Waals surface area (Å²) >= 11 is 0. The van der Waals surface area contributed by atoms with E-state index in [2.05, 4.69) is 0 Å². The highest BCUT2D eigenvalue weighted by molar-refractivity contribution is 7.39. The second-order valence-corrected chi connectivity index (χ2v) is 4.62. The Morgan fingerprint density at radius 2 is 2.58 bits per heavy atom. The van der Waals surface area contributed by atoms with Gasteiger partial charge in [0.2, 0.25) is 0 Å². The zero-order chi connectivity index (χ0) is 9.14. The average Bonchev–Trinajstić information content (AvgIpc) is 2.37. The van der Waals surface area contributed by atoms with Crippen LogP contribution < -0.4 is 5.73 Å². The van der Waals surface area contributed by atoms with Crippen molar-refractivity contribution < 1.29 is 9.46 Å². The van der Waals surface area contributed by atoms with Crippen LogP contribution in [0.1, 0.15) is 26.2 Å². The molecule has 12 heavy (non-hydrogen) atoms. The van der Waals surface area contributed by atoms with Crippen molar-refractivity contribution in [1.29, 1.82) is 0 Å². The summed E-state index contributed by atoms with van der Waals surface area (Å²) in [5.41, 5.74) is 6.64. The summed E-state index contributed by atoms with van der Waals surface area (Å²) in [4.78, 5) is 9.02. The summed E-state index contributed by atoms with van der Waals surface area (Å²) in [7, 11) is -2.40. The molecule has 0 fully saturated rings. The third-order valence-corrected chi connectivity index (χ3v) is 3.72. The average molecular weight is 189 g/mol. The van der Waals surface area contributed by atoms with Gasteiger partial charge < -0.3 is 10.6 Å². The first kappa shape index (κ1) is 9.97. The molecule has 1 aliphatic rings. The lowest BCUT2D eigenvalue weighted by Crippen LogP contribution is -2.12. The molecule has 0 saturated carbocycles. The topological polar surface area (TPSA) is 63.3 Å². The molecule has 0 aliphatic heterocycles. The second-order valence-electron chi connectivity index (χ2n) is 3.24. The highest BCUT2D eigenvalue weighted by atomic mass is 31.1. The molecule has 0 aromatic rings. The fourth-order valence-electron chi connectivity index (χ4n) is 1.66. The van der Waals surface area contributed by atoms with Crippen molar-refractivity contribution >= 4 is 8.03 Å². The summed E-state index contributed by atoms with van der Waals surface area (Å²) in [5, 5.41) is 0. The van der Waals surface area contributed by atoms with E-state index in [9.17, 15) is 4.57 Å². The molecule has 3 unspecified atom stereocenters. The van der Waals surface area contributed by atoms with Crippen molar-refractivity contribution in [2.75, 3.05) is 0 Å². The molecule has 1 aliphatic carbocycles. The first-order valence-corrected chi connectivity index (χ1v) is 5.77. The van der Waals surface area contributed by atoms with Crippen LogP contribution in [-0.4, -0.2) is 16.6 Å². The summed E-state index contributed by atoms with van der Waals surface area (Å²) < 4.78 is 10.9. The summed E-state index contributed by atoms with van der Waals surface area (Å²) in [6, 6.07) is 0.107. The van der Waals surface area contributed by atoms with Crippen molar-refractivity contribution in [3.8, 4) is 0 Å². The van der Waals surface area contributed by atoms with E-state index in [1.165, 1.54) is 0 Å². The molecule has 0 radical (unpaired) electrons. The van der Waals surface area contributed by atoms with E-state index < -0.39 is 8.03 Å². The number of allylic oxidation sites excluding steroid dienone is 1. The van der Waals surface area contributed by atoms with E-state index >= 15 is 0 Å². The molecule has 0 spiro atoms. The highest BCUT2D eigenvalue weighted by Crippen LogP contribution is 2.36. The predicted molar refractivity (Wildman–Crippen MR) is 50.6 cm³/mol. The smallest absolute Gasteiger partial charge is 0.196 e. The molecule has 3 nitrogen and oxygen atoms in total. The van der Waals surface area contributed by atoms with E-state index in [-0.39, 0.29) is 11.7 Å². The van der Waals surface area contributed by atoms with Gasteiger partial charge in [-0.2, -0.15) is 0 Å². The fraction of sp³-hybridized carbons (Fsp3) is 0.750. The Balaban J connectivity index is 2.67. The zero-order valence-corrected chi connectivity index (χ0v) is 8.29. The van der Waals surface area contributed by atoms with Gasteiger partial charge in [-0.3, -0.25) is 4.57 Å². The first-order chi connectivity index (χ1) is 5.65. The molecular weight excluding hydrogens is 173 g/mol. The van der Waals surface area contributed by atoms with Crippen LogP contribution in [0.4, 0.5) is 0 Å². The molecule has 4 heteroatoms.